The van der Waals surface area contributed by atoms with Crippen LogP contribution < -0.4 is 4.90 Å². The molecule has 2 heterocycles. The van der Waals surface area contributed by atoms with E-state index in [4.69, 9.17) is 5.10 Å². The number of anilines is 2. The van der Waals surface area contributed by atoms with Gasteiger partial charge in [0.2, 0.25) is 0 Å². The van der Waals surface area contributed by atoms with Gasteiger partial charge in [-0.05, 0) is 37.1 Å². The number of benzene rings is 2. The largest absolute Gasteiger partial charge is 0.326 e. The molecule has 1 aliphatic heterocycles. The summed E-state index contributed by atoms with van der Waals surface area (Å²) in [5.41, 5.74) is 5.00. The lowest BCUT2D eigenvalue weighted by molar-refractivity contribution is 0.553. The number of rotatable bonds is 2. The number of nitrogens with zero attached hydrogens (tertiary/aromatic N) is 3. The monoisotopic (exact) mass is 331 g/mol. The van der Waals surface area contributed by atoms with Gasteiger partial charge in [0.25, 0.3) is 0 Å². The fourth-order valence-electron chi connectivity index (χ4n) is 3.68. The fraction of sp³-hybridized carbons (Fsp3) is 0.318. The number of aromatic nitrogens is 2. The van der Waals surface area contributed by atoms with Gasteiger partial charge < -0.3 is 4.90 Å². The van der Waals surface area contributed by atoms with Crippen LogP contribution in [0.5, 0.6) is 0 Å². The molecule has 0 saturated carbocycles. The molecule has 0 unspecified atom stereocenters. The first-order valence-corrected chi connectivity index (χ1v) is 9.06. The van der Waals surface area contributed by atoms with Crippen LogP contribution in [0.15, 0.2) is 60.7 Å². The molecule has 1 aliphatic rings. The lowest BCUT2D eigenvalue weighted by atomic mass is 9.87. The molecule has 1 aromatic heterocycles. The van der Waals surface area contributed by atoms with Crippen LogP contribution in [0, 0.1) is 0 Å². The van der Waals surface area contributed by atoms with Gasteiger partial charge in [0.1, 0.15) is 5.82 Å². The van der Waals surface area contributed by atoms with Crippen molar-refractivity contribution >= 4 is 11.5 Å². The first-order valence-electron chi connectivity index (χ1n) is 9.06. The molecular weight excluding hydrogens is 306 g/mol. The van der Waals surface area contributed by atoms with Gasteiger partial charge in [-0.2, -0.15) is 5.10 Å². The predicted octanol–water partition coefficient (Wildman–Crippen LogP) is 5.25. The number of hydrogen-bond acceptors (Lipinski definition) is 2. The molecule has 2 aromatic carbocycles. The van der Waals surface area contributed by atoms with Gasteiger partial charge in [0, 0.05) is 23.2 Å². The molecule has 25 heavy (non-hydrogen) atoms. The van der Waals surface area contributed by atoms with E-state index >= 15 is 0 Å². The van der Waals surface area contributed by atoms with E-state index < -0.39 is 0 Å². The topological polar surface area (TPSA) is 21.1 Å². The van der Waals surface area contributed by atoms with Crippen LogP contribution >= 0.6 is 0 Å². The molecular formula is C22H25N3. The molecule has 0 N–H and O–H groups in total. The Bertz CT molecular complexity index is 858. The molecule has 0 bridgehead atoms. The van der Waals surface area contributed by atoms with Gasteiger partial charge >= 0.3 is 0 Å². The van der Waals surface area contributed by atoms with Gasteiger partial charge in [-0.25, -0.2) is 4.68 Å². The predicted molar refractivity (Wildman–Crippen MR) is 104 cm³/mol. The van der Waals surface area contributed by atoms with Crippen molar-refractivity contribution in [3.63, 3.8) is 0 Å². The highest BCUT2D eigenvalue weighted by Gasteiger charge is 2.32. The van der Waals surface area contributed by atoms with Crippen molar-refractivity contribution in [2.75, 3.05) is 11.4 Å². The Morgan fingerprint density at radius 3 is 2.04 bits per heavy atom. The summed E-state index contributed by atoms with van der Waals surface area (Å²) in [5.74, 6) is 1.23. The highest BCUT2D eigenvalue weighted by Crippen LogP contribution is 2.40. The summed E-state index contributed by atoms with van der Waals surface area (Å²) in [5, 5.41) is 5.08. The minimum atomic E-state index is 0.0316. The summed E-state index contributed by atoms with van der Waals surface area (Å²) in [7, 11) is 0. The number of fused-ring (bicyclic) bond motifs is 1. The van der Waals surface area contributed by atoms with Crippen LogP contribution in [0.1, 0.15) is 38.4 Å². The Morgan fingerprint density at radius 2 is 1.44 bits per heavy atom. The molecule has 4 rings (SSSR count). The van der Waals surface area contributed by atoms with E-state index in [0.717, 1.165) is 25.1 Å². The summed E-state index contributed by atoms with van der Waals surface area (Å²) in [6.07, 6.45) is 2.25. The molecule has 0 amide bonds. The zero-order valence-electron chi connectivity index (χ0n) is 15.2. The summed E-state index contributed by atoms with van der Waals surface area (Å²) >= 11 is 0. The quantitative estimate of drug-likeness (QED) is 0.639. The lowest BCUT2D eigenvalue weighted by Crippen LogP contribution is -2.27. The summed E-state index contributed by atoms with van der Waals surface area (Å²) in [6, 6.07) is 21.2. The second kappa shape index (κ2) is 6.07. The van der Waals surface area contributed by atoms with Gasteiger partial charge in [0.05, 0.1) is 11.4 Å². The van der Waals surface area contributed by atoms with Crippen molar-refractivity contribution in [1.29, 1.82) is 0 Å². The summed E-state index contributed by atoms with van der Waals surface area (Å²) < 4.78 is 2.14. The zero-order chi connectivity index (χ0) is 17.4. The summed E-state index contributed by atoms with van der Waals surface area (Å²) in [4.78, 5) is 2.42. The Balaban J connectivity index is 1.95. The normalized spacial score (nSPS) is 14.4. The van der Waals surface area contributed by atoms with Gasteiger partial charge in [-0.1, -0.05) is 57.2 Å². The van der Waals surface area contributed by atoms with Gasteiger partial charge in [-0.3, -0.25) is 0 Å². The minimum absolute atomic E-state index is 0.0316. The fourth-order valence-corrected chi connectivity index (χ4v) is 3.68. The third-order valence-corrected chi connectivity index (χ3v) is 4.80. The molecule has 0 aliphatic carbocycles. The molecule has 3 heteroatoms. The highest BCUT2D eigenvalue weighted by atomic mass is 15.4. The molecule has 128 valence electrons. The minimum Gasteiger partial charge on any atom is -0.326 e. The zero-order valence-corrected chi connectivity index (χ0v) is 15.2. The van der Waals surface area contributed by atoms with Gasteiger partial charge in [0.15, 0.2) is 0 Å². The first-order chi connectivity index (χ1) is 12.1. The Labute approximate surface area is 149 Å². The molecule has 3 nitrogen and oxygen atoms in total. The SMILES string of the molecule is CC(C)(C)c1nn(-c2ccccc2)c2c1CCCN2c1ccccc1. The van der Waals surface area contributed by atoms with Crippen molar-refractivity contribution in [2.24, 2.45) is 0 Å². The van der Waals surface area contributed by atoms with Crippen molar-refractivity contribution in [2.45, 2.75) is 39.0 Å². The van der Waals surface area contributed by atoms with E-state index in [-0.39, 0.29) is 5.41 Å². The average molecular weight is 331 g/mol. The van der Waals surface area contributed by atoms with E-state index in [1.807, 2.05) is 0 Å². The smallest absolute Gasteiger partial charge is 0.140 e. The molecule has 0 radical (unpaired) electrons. The summed E-state index contributed by atoms with van der Waals surface area (Å²) in [6.45, 7) is 7.80. The highest BCUT2D eigenvalue weighted by molar-refractivity contribution is 5.68. The maximum absolute atomic E-state index is 5.08. The Morgan fingerprint density at radius 1 is 0.840 bits per heavy atom. The average Bonchev–Trinajstić information content (AvgIpc) is 3.03. The van der Waals surface area contributed by atoms with E-state index in [9.17, 15) is 0 Å². The van der Waals surface area contributed by atoms with E-state index in [1.165, 1.54) is 22.8 Å². The maximum Gasteiger partial charge on any atom is 0.140 e. The van der Waals surface area contributed by atoms with Crippen LogP contribution in [0.25, 0.3) is 5.69 Å². The standard InChI is InChI=1S/C22H25N3/c1-22(2,3)20-19-15-10-16-24(17-11-6-4-7-12-17)21(19)25(23-20)18-13-8-5-9-14-18/h4-9,11-14H,10,15-16H2,1-3H3. The maximum atomic E-state index is 5.08. The van der Waals surface area contributed by atoms with Crippen LogP contribution in [-0.4, -0.2) is 16.3 Å². The van der Waals surface area contributed by atoms with Crippen LogP contribution in [0.4, 0.5) is 11.5 Å². The van der Waals surface area contributed by atoms with Crippen LogP contribution in [-0.2, 0) is 11.8 Å². The Hall–Kier alpha value is -2.55. The third kappa shape index (κ3) is 2.84. The van der Waals surface area contributed by atoms with Crippen molar-refractivity contribution in [1.82, 2.24) is 9.78 Å². The molecule has 0 spiro atoms. The van der Waals surface area contributed by atoms with Crippen LogP contribution in [0.2, 0.25) is 0 Å². The second-order valence-electron chi connectivity index (χ2n) is 7.74. The van der Waals surface area contributed by atoms with Crippen LogP contribution in [0.3, 0.4) is 0 Å². The molecule has 0 fully saturated rings. The van der Waals surface area contributed by atoms with E-state index in [2.05, 4.69) is 91.0 Å². The van der Waals surface area contributed by atoms with Crippen molar-refractivity contribution in [3.8, 4) is 5.69 Å². The van der Waals surface area contributed by atoms with Crippen molar-refractivity contribution < 1.29 is 0 Å². The van der Waals surface area contributed by atoms with Crippen molar-refractivity contribution in [3.05, 3.63) is 71.9 Å². The van der Waals surface area contributed by atoms with E-state index in [0.29, 0.717) is 0 Å². The molecule has 3 aromatic rings. The second-order valence-corrected chi connectivity index (χ2v) is 7.74. The van der Waals surface area contributed by atoms with Gasteiger partial charge in [-0.15, -0.1) is 0 Å². The lowest BCUT2D eigenvalue weighted by Gasteiger charge is -2.31. The third-order valence-electron chi connectivity index (χ3n) is 4.80. The first kappa shape index (κ1) is 15.9. The number of para-hydroxylation sites is 2. The molecule has 0 atom stereocenters. The number of hydrogen-bond donors (Lipinski definition) is 0. The van der Waals surface area contributed by atoms with E-state index in [1.54, 1.807) is 0 Å². The Kier molecular flexibility index (Phi) is 3.87. The molecule has 0 saturated heterocycles.